The Kier molecular flexibility index (Phi) is 4.49. The minimum Gasteiger partial charge on any atom is -0.345 e. The SMILES string of the molecule is O=C(NNc1nc2ccccn2n1)c1cccc(NC(=O)c2ccc3nc[nH]c3c2)c1. The molecule has 0 saturated heterocycles. The molecule has 3 heterocycles. The number of pyridine rings is 1. The summed E-state index contributed by atoms with van der Waals surface area (Å²) >= 11 is 0. The van der Waals surface area contributed by atoms with Crippen molar-refractivity contribution >= 4 is 40.1 Å². The average molecular weight is 412 g/mol. The molecule has 0 fully saturated rings. The lowest BCUT2D eigenvalue weighted by molar-refractivity contribution is 0.0960. The number of rotatable bonds is 5. The van der Waals surface area contributed by atoms with E-state index in [2.05, 4.69) is 36.2 Å². The number of hydrazine groups is 1. The van der Waals surface area contributed by atoms with E-state index >= 15 is 0 Å². The van der Waals surface area contributed by atoms with Gasteiger partial charge in [0.05, 0.1) is 17.4 Å². The molecule has 4 N–H and O–H groups in total. The topological polar surface area (TPSA) is 129 Å². The number of carbonyl (C=O) groups is 2. The van der Waals surface area contributed by atoms with Crippen molar-refractivity contribution in [3.05, 3.63) is 84.3 Å². The summed E-state index contributed by atoms with van der Waals surface area (Å²) in [5.74, 6) is -0.423. The summed E-state index contributed by atoms with van der Waals surface area (Å²) in [6.07, 6.45) is 3.33. The lowest BCUT2D eigenvalue weighted by atomic mass is 10.1. The number of carbonyl (C=O) groups excluding carboxylic acids is 2. The third-order valence-corrected chi connectivity index (χ3v) is 4.59. The highest BCUT2D eigenvalue weighted by atomic mass is 16.2. The zero-order valence-electron chi connectivity index (χ0n) is 16.0. The predicted molar refractivity (Wildman–Crippen MR) is 115 cm³/mol. The lowest BCUT2D eigenvalue weighted by Crippen LogP contribution is -2.30. The Morgan fingerprint density at radius 1 is 0.935 bits per heavy atom. The molecule has 0 spiro atoms. The smallest absolute Gasteiger partial charge is 0.269 e. The average Bonchev–Trinajstić information content (AvgIpc) is 3.43. The van der Waals surface area contributed by atoms with Crippen LogP contribution in [0.3, 0.4) is 0 Å². The second-order valence-corrected chi connectivity index (χ2v) is 6.69. The molecule has 0 aliphatic heterocycles. The van der Waals surface area contributed by atoms with E-state index in [0.717, 1.165) is 11.0 Å². The van der Waals surface area contributed by atoms with Gasteiger partial charge in [0.2, 0.25) is 0 Å². The first-order chi connectivity index (χ1) is 15.2. The zero-order valence-corrected chi connectivity index (χ0v) is 16.0. The number of nitrogens with zero attached hydrogens (tertiary/aromatic N) is 4. The van der Waals surface area contributed by atoms with Crippen LogP contribution in [0.2, 0.25) is 0 Å². The van der Waals surface area contributed by atoms with Crippen LogP contribution in [0.1, 0.15) is 20.7 Å². The molecule has 0 aliphatic carbocycles. The summed E-state index contributed by atoms with van der Waals surface area (Å²) in [4.78, 5) is 36.4. The van der Waals surface area contributed by atoms with Gasteiger partial charge in [0, 0.05) is 23.0 Å². The van der Waals surface area contributed by atoms with E-state index in [1.54, 1.807) is 65.6 Å². The van der Waals surface area contributed by atoms with Gasteiger partial charge in [0.1, 0.15) is 0 Å². The highest BCUT2D eigenvalue weighted by Gasteiger charge is 2.11. The van der Waals surface area contributed by atoms with Crippen molar-refractivity contribution in [2.75, 3.05) is 10.7 Å². The summed E-state index contributed by atoms with van der Waals surface area (Å²) in [6.45, 7) is 0. The van der Waals surface area contributed by atoms with Gasteiger partial charge in [-0.15, -0.1) is 5.10 Å². The van der Waals surface area contributed by atoms with Crippen LogP contribution in [0, 0.1) is 0 Å². The van der Waals surface area contributed by atoms with Gasteiger partial charge in [-0.3, -0.25) is 20.4 Å². The van der Waals surface area contributed by atoms with Crippen molar-refractivity contribution in [1.82, 2.24) is 30.0 Å². The van der Waals surface area contributed by atoms with Crippen LogP contribution in [0.15, 0.2) is 73.2 Å². The van der Waals surface area contributed by atoms with E-state index in [1.807, 2.05) is 12.1 Å². The standard InChI is InChI=1S/C21H16N8O2/c30-19(14-7-8-16-17(11-14)23-12-22-16)24-15-5-3-4-13(10-15)20(31)26-27-21-25-18-6-1-2-9-29(18)28-21/h1-12H,(H,22,23)(H,24,30)(H,26,31)(H,27,28). The predicted octanol–water partition coefficient (Wildman–Crippen LogP) is 2.61. The number of fused-ring (bicyclic) bond motifs is 2. The number of aromatic nitrogens is 5. The summed E-state index contributed by atoms with van der Waals surface area (Å²) in [6, 6.07) is 17.3. The molecule has 10 nitrogen and oxygen atoms in total. The highest BCUT2D eigenvalue weighted by Crippen LogP contribution is 2.15. The quantitative estimate of drug-likeness (QED) is 0.329. The fraction of sp³-hybridized carbons (Fsp3) is 0. The van der Waals surface area contributed by atoms with Crippen LogP contribution in [-0.4, -0.2) is 36.4 Å². The number of imidazole rings is 1. The van der Waals surface area contributed by atoms with Crippen LogP contribution < -0.4 is 16.2 Å². The van der Waals surface area contributed by atoms with Crippen molar-refractivity contribution in [2.24, 2.45) is 0 Å². The molecule has 0 unspecified atom stereocenters. The Morgan fingerprint density at radius 2 is 1.84 bits per heavy atom. The van der Waals surface area contributed by atoms with Crippen molar-refractivity contribution in [1.29, 1.82) is 0 Å². The Hall–Kier alpha value is -4.73. The fourth-order valence-electron chi connectivity index (χ4n) is 3.09. The van der Waals surface area contributed by atoms with Crippen LogP contribution in [0.5, 0.6) is 0 Å². The largest absolute Gasteiger partial charge is 0.345 e. The zero-order chi connectivity index (χ0) is 21.2. The normalized spacial score (nSPS) is 10.8. The van der Waals surface area contributed by atoms with Crippen LogP contribution in [0.25, 0.3) is 16.7 Å². The number of aromatic amines is 1. The number of nitrogens with one attached hydrogen (secondary N) is 4. The number of hydrogen-bond donors (Lipinski definition) is 4. The maximum atomic E-state index is 12.6. The molecule has 5 rings (SSSR count). The Balaban J connectivity index is 1.26. The molecular formula is C21H16N8O2. The Labute approximate surface area is 175 Å². The second kappa shape index (κ2) is 7.59. The molecule has 2 aromatic carbocycles. The third-order valence-electron chi connectivity index (χ3n) is 4.59. The first-order valence-electron chi connectivity index (χ1n) is 9.38. The lowest BCUT2D eigenvalue weighted by Gasteiger charge is -2.08. The Morgan fingerprint density at radius 3 is 2.74 bits per heavy atom. The van der Waals surface area contributed by atoms with Gasteiger partial charge < -0.3 is 10.3 Å². The summed E-state index contributed by atoms with van der Waals surface area (Å²) < 4.78 is 1.59. The van der Waals surface area contributed by atoms with E-state index < -0.39 is 5.91 Å². The van der Waals surface area contributed by atoms with Gasteiger partial charge >= 0.3 is 0 Å². The molecule has 0 atom stereocenters. The maximum Gasteiger partial charge on any atom is 0.269 e. The summed E-state index contributed by atoms with van der Waals surface area (Å²) in [7, 11) is 0. The first-order valence-corrected chi connectivity index (χ1v) is 9.38. The van der Waals surface area contributed by atoms with Crippen molar-refractivity contribution < 1.29 is 9.59 Å². The van der Waals surface area contributed by atoms with Crippen molar-refractivity contribution in [2.45, 2.75) is 0 Å². The van der Waals surface area contributed by atoms with Crippen LogP contribution in [-0.2, 0) is 0 Å². The number of hydrogen-bond acceptors (Lipinski definition) is 6. The fourth-order valence-corrected chi connectivity index (χ4v) is 3.09. The number of H-pyrrole nitrogens is 1. The van der Waals surface area contributed by atoms with Crippen molar-refractivity contribution in [3.8, 4) is 0 Å². The Bertz CT molecular complexity index is 1390. The van der Waals surface area contributed by atoms with E-state index in [0.29, 0.717) is 22.5 Å². The van der Waals surface area contributed by atoms with Gasteiger partial charge in [0.25, 0.3) is 17.8 Å². The molecule has 0 aliphatic rings. The van der Waals surface area contributed by atoms with Crippen LogP contribution >= 0.6 is 0 Å². The second-order valence-electron chi connectivity index (χ2n) is 6.69. The summed E-state index contributed by atoms with van der Waals surface area (Å²) in [5.41, 5.74) is 8.78. The minimum atomic E-state index is -0.395. The van der Waals surface area contributed by atoms with Crippen molar-refractivity contribution in [3.63, 3.8) is 0 Å². The van der Waals surface area contributed by atoms with E-state index in [4.69, 9.17) is 0 Å². The van der Waals surface area contributed by atoms with Gasteiger partial charge in [-0.05, 0) is 48.5 Å². The number of benzene rings is 2. The molecule has 5 aromatic rings. The van der Waals surface area contributed by atoms with E-state index in [9.17, 15) is 9.59 Å². The van der Waals surface area contributed by atoms with Crippen LogP contribution in [0.4, 0.5) is 11.6 Å². The minimum absolute atomic E-state index is 0.262. The number of anilines is 2. The highest BCUT2D eigenvalue weighted by molar-refractivity contribution is 6.06. The third kappa shape index (κ3) is 3.77. The molecular weight excluding hydrogens is 396 g/mol. The van der Waals surface area contributed by atoms with E-state index in [1.165, 1.54) is 0 Å². The van der Waals surface area contributed by atoms with E-state index in [-0.39, 0.29) is 11.9 Å². The van der Waals surface area contributed by atoms with Gasteiger partial charge in [-0.2, -0.15) is 4.98 Å². The molecule has 3 aromatic heterocycles. The molecule has 10 heteroatoms. The van der Waals surface area contributed by atoms with Gasteiger partial charge in [-0.1, -0.05) is 12.1 Å². The molecule has 152 valence electrons. The molecule has 0 bridgehead atoms. The summed E-state index contributed by atoms with van der Waals surface area (Å²) in [5, 5.41) is 7.00. The first kappa shape index (κ1) is 18.3. The molecule has 31 heavy (non-hydrogen) atoms. The number of amides is 2. The molecule has 0 saturated carbocycles. The monoisotopic (exact) mass is 412 g/mol. The van der Waals surface area contributed by atoms with Gasteiger partial charge in [-0.25, -0.2) is 9.50 Å². The van der Waals surface area contributed by atoms with Gasteiger partial charge in [0.15, 0.2) is 5.65 Å². The molecule has 0 radical (unpaired) electrons. The molecule has 2 amide bonds. The maximum absolute atomic E-state index is 12.6.